The molecule has 2 aromatic carbocycles. The number of methoxy groups -OCH3 is 1. The summed E-state index contributed by atoms with van der Waals surface area (Å²) in [5.41, 5.74) is 1.66. The number of fused-ring (bicyclic) bond motifs is 1. The summed E-state index contributed by atoms with van der Waals surface area (Å²) in [6.07, 6.45) is -1.17. The van der Waals surface area contributed by atoms with Crippen molar-refractivity contribution in [1.82, 2.24) is 15.1 Å². The first kappa shape index (κ1) is 21.0. The Labute approximate surface area is 169 Å². The number of hydrogen-bond acceptors (Lipinski definition) is 5. The molecular weight excluding hydrogens is 373 g/mol. The molecule has 6 nitrogen and oxygen atoms in total. The Balaban J connectivity index is 1.94. The topological polar surface area (TPSA) is 76.4 Å². The number of nitrogens with zero attached hydrogens (tertiary/aromatic N) is 2. The molecule has 0 saturated heterocycles. The molecule has 2 N–H and O–H groups in total. The summed E-state index contributed by atoms with van der Waals surface area (Å²) in [4.78, 5) is 12.2. The van der Waals surface area contributed by atoms with Gasteiger partial charge in [0.1, 0.15) is 17.6 Å². The maximum atomic E-state index is 13.2. The maximum Gasteiger partial charge on any atom is 0.323 e. The first-order valence-corrected chi connectivity index (χ1v) is 9.42. The molecule has 0 aliphatic carbocycles. The van der Waals surface area contributed by atoms with Gasteiger partial charge in [-0.2, -0.15) is 5.10 Å². The molecule has 0 saturated carbocycles. The summed E-state index contributed by atoms with van der Waals surface area (Å²) in [6.45, 7) is 6.09. The van der Waals surface area contributed by atoms with Gasteiger partial charge in [-0.05, 0) is 29.2 Å². The maximum absolute atomic E-state index is 13.2. The molecule has 0 fully saturated rings. The fourth-order valence-corrected chi connectivity index (χ4v) is 3.26. The van der Waals surface area contributed by atoms with Crippen LogP contribution in [0.2, 0.25) is 0 Å². The summed E-state index contributed by atoms with van der Waals surface area (Å²) in [5.74, 6) is -0.748. The molecule has 0 spiro atoms. The van der Waals surface area contributed by atoms with E-state index in [9.17, 15) is 14.3 Å². The minimum Gasteiger partial charge on any atom is -0.468 e. The van der Waals surface area contributed by atoms with E-state index in [1.807, 2.05) is 45.0 Å². The van der Waals surface area contributed by atoms with E-state index >= 15 is 0 Å². The predicted octanol–water partition coefficient (Wildman–Crippen LogP) is 3.39. The van der Waals surface area contributed by atoms with E-state index < -0.39 is 23.7 Å². The van der Waals surface area contributed by atoms with Crippen molar-refractivity contribution in [1.29, 1.82) is 0 Å². The molecule has 1 heterocycles. The normalized spacial score (nSPS) is 14.0. The third-order valence-corrected chi connectivity index (χ3v) is 4.82. The Morgan fingerprint density at radius 1 is 1.21 bits per heavy atom. The van der Waals surface area contributed by atoms with Crippen molar-refractivity contribution < 1.29 is 19.0 Å². The molecule has 1 unspecified atom stereocenters. The second kappa shape index (κ2) is 8.31. The number of benzene rings is 2. The smallest absolute Gasteiger partial charge is 0.323 e. The van der Waals surface area contributed by atoms with Gasteiger partial charge >= 0.3 is 5.97 Å². The number of rotatable bonds is 6. The van der Waals surface area contributed by atoms with Crippen LogP contribution < -0.4 is 5.32 Å². The standard InChI is InChI=1S/C22H26FN3O3/c1-22(2,3)19(21(28)29-4)24-20(27)18-16-7-5-6-8-17(16)26(25-18)13-14-9-11-15(23)12-10-14/h5-12,19-20,24,27H,13H2,1-4H3/t19-,20?/m1/s1. The van der Waals surface area contributed by atoms with E-state index in [1.165, 1.54) is 19.2 Å². The molecular formula is C22H26FN3O3. The summed E-state index contributed by atoms with van der Waals surface area (Å²) < 4.78 is 19.8. The minimum atomic E-state index is -1.17. The van der Waals surface area contributed by atoms with Gasteiger partial charge in [-0.25, -0.2) is 4.39 Å². The Hall–Kier alpha value is -2.77. The van der Waals surface area contributed by atoms with Gasteiger partial charge < -0.3 is 9.84 Å². The van der Waals surface area contributed by atoms with Gasteiger partial charge in [-0.3, -0.25) is 14.8 Å². The SMILES string of the molecule is COC(=O)[C@@H](NC(O)c1nn(Cc2ccc(F)cc2)c2ccccc12)C(C)(C)C. The van der Waals surface area contributed by atoms with Gasteiger partial charge in [0, 0.05) is 5.39 Å². The number of carbonyl (C=O) groups excluding carboxylic acids is 1. The second-order valence-electron chi connectivity index (χ2n) is 8.08. The molecule has 154 valence electrons. The average molecular weight is 399 g/mol. The third kappa shape index (κ3) is 4.63. The van der Waals surface area contributed by atoms with Crippen LogP contribution in [0.4, 0.5) is 4.39 Å². The third-order valence-electron chi connectivity index (χ3n) is 4.82. The zero-order valence-corrected chi connectivity index (χ0v) is 17.0. The lowest BCUT2D eigenvalue weighted by molar-refractivity contribution is -0.147. The number of aliphatic hydroxyl groups excluding tert-OH is 1. The molecule has 0 aliphatic rings. The highest BCUT2D eigenvalue weighted by Crippen LogP contribution is 2.27. The van der Waals surface area contributed by atoms with Crippen molar-refractivity contribution >= 4 is 16.9 Å². The Kier molecular flexibility index (Phi) is 6.00. The number of hydrogen-bond donors (Lipinski definition) is 2. The zero-order valence-electron chi connectivity index (χ0n) is 17.0. The van der Waals surface area contributed by atoms with E-state index in [0.29, 0.717) is 12.2 Å². The first-order chi connectivity index (χ1) is 13.7. The van der Waals surface area contributed by atoms with Crippen LogP contribution in [-0.4, -0.2) is 34.0 Å². The molecule has 3 rings (SSSR count). The quantitative estimate of drug-likeness (QED) is 0.491. The van der Waals surface area contributed by atoms with E-state index in [-0.39, 0.29) is 5.82 Å². The van der Waals surface area contributed by atoms with Crippen LogP contribution in [0.25, 0.3) is 10.9 Å². The monoisotopic (exact) mass is 399 g/mol. The van der Waals surface area contributed by atoms with Crippen molar-refractivity contribution in [2.45, 2.75) is 39.6 Å². The number of halogens is 1. The van der Waals surface area contributed by atoms with Gasteiger partial charge in [-0.15, -0.1) is 0 Å². The van der Waals surface area contributed by atoms with Gasteiger partial charge in [-0.1, -0.05) is 51.1 Å². The van der Waals surface area contributed by atoms with Crippen molar-refractivity contribution in [3.05, 3.63) is 65.6 Å². The zero-order chi connectivity index (χ0) is 21.2. The van der Waals surface area contributed by atoms with Gasteiger partial charge in [0.25, 0.3) is 0 Å². The number of esters is 1. The molecule has 0 aliphatic heterocycles. The molecule has 3 aromatic rings. The largest absolute Gasteiger partial charge is 0.468 e. The fraction of sp³-hybridized carbons (Fsp3) is 0.364. The highest BCUT2D eigenvalue weighted by atomic mass is 19.1. The van der Waals surface area contributed by atoms with E-state index in [2.05, 4.69) is 10.4 Å². The predicted molar refractivity (Wildman–Crippen MR) is 109 cm³/mol. The molecule has 1 aromatic heterocycles. The van der Waals surface area contributed by atoms with Crippen molar-refractivity contribution in [2.75, 3.05) is 7.11 Å². The number of aliphatic hydroxyl groups is 1. The Bertz CT molecular complexity index is 993. The van der Waals surface area contributed by atoms with Crippen molar-refractivity contribution in [3.63, 3.8) is 0 Å². The van der Waals surface area contributed by atoms with Gasteiger partial charge in [0.15, 0.2) is 6.23 Å². The first-order valence-electron chi connectivity index (χ1n) is 9.42. The van der Waals surface area contributed by atoms with Gasteiger partial charge in [0.2, 0.25) is 0 Å². The van der Waals surface area contributed by atoms with Crippen molar-refractivity contribution in [3.8, 4) is 0 Å². The van der Waals surface area contributed by atoms with Crippen LogP contribution >= 0.6 is 0 Å². The highest BCUT2D eigenvalue weighted by Gasteiger charge is 2.35. The van der Waals surface area contributed by atoms with E-state index in [1.54, 1.807) is 16.8 Å². The lowest BCUT2D eigenvalue weighted by Crippen LogP contribution is -2.48. The summed E-state index contributed by atoms with van der Waals surface area (Å²) in [6, 6.07) is 13.0. The number of ether oxygens (including phenoxy) is 1. The van der Waals surface area contributed by atoms with E-state index in [0.717, 1.165) is 16.5 Å². The summed E-state index contributed by atoms with van der Waals surface area (Å²) >= 11 is 0. The fourth-order valence-electron chi connectivity index (χ4n) is 3.26. The van der Waals surface area contributed by atoms with Crippen molar-refractivity contribution in [2.24, 2.45) is 5.41 Å². The van der Waals surface area contributed by atoms with Gasteiger partial charge in [0.05, 0.1) is 19.2 Å². The summed E-state index contributed by atoms with van der Waals surface area (Å²) in [7, 11) is 1.32. The van der Waals surface area contributed by atoms with Crippen LogP contribution in [0.3, 0.4) is 0 Å². The van der Waals surface area contributed by atoms with Crippen LogP contribution in [-0.2, 0) is 16.1 Å². The number of para-hydroxylation sites is 1. The molecule has 7 heteroatoms. The minimum absolute atomic E-state index is 0.296. The molecule has 29 heavy (non-hydrogen) atoms. The van der Waals surface area contributed by atoms with E-state index in [4.69, 9.17) is 4.74 Å². The number of aromatic nitrogens is 2. The van der Waals surface area contributed by atoms with Crippen LogP contribution in [0.1, 0.15) is 38.3 Å². The Morgan fingerprint density at radius 3 is 2.48 bits per heavy atom. The molecule has 0 amide bonds. The van der Waals surface area contributed by atoms with Crippen LogP contribution in [0.15, 0.2) is 48.5 Å². The number of nitrogens with one attached hydrogen (secondary N) is 1. The van der Waals surface area contributed by atoms with Crippen LogP contribution in [0, 0.1) is 11.2 Å². The Morgan fingerprint density at radius 2 is 1.86 bits per heavy atom. The lowest BCUT2D eigenvalue weighted by Gasteiger charge is -2.30. The van der Waals surface area contributed by atoms with Crippen LogP contribution in [0.5, 0.6) is 0 Å². The molecule has 2 atom stereocenters. The molecule has 0 bridgehead atoms. The lowest BCUT2D eigenvalue weighted by atomic mass is 9.86. The summed E-state index contributed by atoms with van der Waals surface area (Å²) in [5, 5.41) is 19.2. The number of carbonyl (C=O) groups is 1. The second-order valence-corrected chi connectivity index (χ2v) is 8.08. The molecule has 0 radical (unpaired) electrons. The highest BCUT2D eigenvalue weighted by molar-refractivity contribution is 5.82. The average Bonchev–Trinajstić information content (AvgIpc) is 3.05.